The van der Waals surface area contributed by atoms with Crippen LogP contribution in [0.25, 0.3) is 0 Å². The van der Waals surface area contributed by atoms with Crippen LogP contribution in [0, 0.1) is 23.7 Å². The van der Waals surface area contributed by atoms with Gasteiger partial charge in [0, 0.05) is 47.7 Å². The van der Waals surface area contributed by atoms with Gasteiger partial charge in [-0.1, -0.05) is 62.8 Å². The van der Waals surface area contributed by atoms with Crippen LogP contribution >= 0.6 is 63.7 Å². The van der Waals surface area contributed by atoms with Gasteiger partial charge in [-0.3, -0.25) is 0 Å². The minimum Gasteiger partial charge on any atom is -0.508 e. The highest BCUT2D eigenvalue weighted by molar-refractivity contribution is 9.11. The van der Waals surface area contributed by atoms with Gasteiger partial charge in [0.05, 0.1) is 29.3 Å². The van der Waals surface area contributed by atoms with Crippen LogP contribution < -0.4 is 21.3 Å². The van der Waals surface area contributed by atoms with Crippen molar-refractivity contribution in [3.05, 3.63) is 88.7 Å². The molecule has 0 amide bonds. The zero-order valence-electron chi connectivity index (χ0n) is 41.4. The number of aromatic hydroxyl groups is 4. The van der Waals surface area contributed by atoms with Crippen molar-refractivity contribution in [2.24, 2.45) is 23.7 Å². The second-order valence-electron chi connectivity index (χ2n) is 19.5. The Hall–Kier alpha value is -2.80. The zero-order valence-corrected chi connectivity index (χ0v) is 47.7. The molecule has 4 rings (SSSR count). The first-order valence-corrected chi connectivity index (χ1v) is 25.9. The molecule has 8 nitrogen and oxygen atoms in total. The normalized spacial score (nSPS) is 11.0. The van der Waals surface area contributed by atoms with Gasteiger partial charge in [-0.25, -0.2) is 0 Å². The molecule has 0 aliphatic carbocycles. The van der Waals surface area contributed by atoms with E-state index in [0.717, 1.165) is 73.0 Å². The molecule has 0 radical (unpaired) electrons. The lowest BCUT2D eigenvalue weighted by molar-refractivity contribution is 0.466. The van der Waals surface area contributed by atoms with Crippen molar-refractivity contribution in [2.75, 3.05) is 21.3 Å². The maximum absolute atomic E-state index is 10.1. The Bertz CT molecular complexity index is 1880. The number of rotatable bonds is 16. The van der Waals surface area contributed by atoms with E-state index < -0.39 is 0 Å². The van der Waals surface area contributed by atoms with Crippen LogP contribution in [0.4, 0.5) is 22.7 Å². The van der Waals surface area contributed by atoms with Crippen LogP contribution in [0.2, 0.25) is 0 Å². The van der Waals surface area contributed by atoms with Gasteiger partial charge >= 0.3 is 0 Å². The van der Waals surface area contributed by atoms with E-state index in [1.165, 1.54) is 11.1 Å². The molecule has 0 aliphatic rings. The topological polar surface area (TPSA) is 129 Å². The summed E-state index contributed by atoms with van der Waals surface area (Å²) in [6, 6.07) is 17.0. The van der Waals surface area contributed by atoms with Gasteiger partial charge in [0.25, 0.3) is 0 Å². The number of anilines is 4. The molecule has 8 N–H and O–H groups in total. The highest BCUT2D eigenvalue weighted by Gasteiger charge is 2.16. The average molecular weight is 1160 g/mol. The highest BCUT2D eigenvalue weighted by Crippen LogP contribution is 2.42. The third-order valence-electron chi connectivity index (χ3n) is 8.82. The van der Waals surface area contributed by atoms with Gasteiger partial charge in [0.15, 0.2) is 0 Å². The summed E-state index contributed by atoms with van der Waals surface area (Å²) in [6.45, 7) is 34.1. The van der Waals surface area contributed by atoms with Crippen molar-refractivity contribution in [3.8, 4) is 23.0 Å². The molecule has 0 unspecified atom stereocenters. The minimum atomic E-state index is 0. The second kappa shape index (κ2) is 30.6. The van der Waals surface area contributed by atoms with Crippen LogP contribution in [-0.4, -0.2) is 44.6 Å². The lowest BCUT2D eigenvalue weighted by Crippen LogP contribution is -2.11. The molecule has 0 bridgehead atoms. The van der Waals surface area contributed by atoms with Crippen molar-refractivity contribution >= 4 is 86.5 Å². The van der Waals surface area contributed by atoms with E-state index in [2.05, 4.69) is 220 Å². The molecular weight excluding hydrogens is 1080 g/mol. The van der Waals surface area contributed by atoms with Gasteiger partial charge in [-0.2, -0.15) is 0 Å². The molecule has 0 aliphatic heterocycles. The number of phenolic OH excluding ortho intramolecular Hbond substituents is 4. The standard InChI is InChI=1S/C13H19Br2NO.2C13H20BrNO.C13H21NO.CH4/c1-7(2)5-9-6-10(16-8(3)4)12(15)13(17)11(9)14;1-8(2)5-10-6-11(15-9(3)4)7-12(16)13(10)14;1-8(2)5-10-6-11(15-9(3)4)13(14)12(16)7-10;1-9(2)5-11-6-12(14-10(3)4)8-13(15)7-11;/h6-8,16-17H,5H2,1-4H3;2*6-9,15-16H,5H2,1-4H3;6-10,14-15H,5H2,1-4H3;1H4. The number of hydrogen-bond donors (Lipinski definition) is 8. The minimum absolute atomic E-state index is 0. The van der Waals surface area contributed by atoms with Crippen LogP contribution in [0.3, 0.4) is 0 Å². The Labute approximate surface area is 428 Å². The van der Waals surface area contributed by atoms with Gasteiger partial charge < -0.3 is 41.7 Å². The smallest absolute Gasteiger partial charge is 0.146 e. The van der Waals surface area contributed by atoms with Crippen molar-refractivity contribution in [2.45, 2.75) is 168 Å². The molecule has 0 aromatic heterocycles. The van der Waals surface area contributed by atoms with E-state index in [0.29, 0.717) is 69.6 Å². The molecule has 0 saturated carbocycles. The van der Waals surface area contributed by atoms with E-state index in [9.17, 15) is 20.4 Å². The van der Waals surface area contributed by atoms with Crippen LogP contribution in [0.5, 0.6) is 23.0 Å². The lowest BCUT2D eigenvalue weighted by Gasteiger charge is -2.17. The first-order chi connectivity index (χ1) is 29.6. The van der Waals surface area contributed by atoms with E-state index in [-0.39, 0.29) is 13.2 Å². The summed E-state index contributed by atoms with van der Waals surface area (Å²) in [6.07, 6.45) is 3.88. The van der Waals surface area contributed by atoms with E-state index >= 15 is 0 Å². The molecule has 0 atom stereocenters. The summed E-state index contributed by atoms with van der Waals surface area (Å²) >= 11 is 13.7. The first-order valence-electron chi connectivity index (χ1n) is 22.7. The van der Waals surface area contributed by atoms with Crippen molar-refractivity contribution in [1.82, 2.24) is 0 Å². The van der Waals surface area contributed by atoms with Gasteiger partial charge in [0.2, 0.25) is 0 Å². The fourth-order valence-corrected chi connectivity index (χ4v) is 8.61. The number of benzene rings is 4. The summed E-state index contributed by atoms with van der Waals surface area (Å²) in [5, 5.41) is 52.5. The Morgan fingerprint density at radius 1 is 0.385 bits per heavy atom. The Morgan fingerprint density at radius 2 is 0.769 bits per heavy atom. The Balaban J connectivity index is 0.000000837. The maximum Gasteiger partial charge on any atom is 0.146 e. The molecule has 4 aromatic rings. The number of halogens is 4. The Morgan fingerprint density at radius 3 is 1.20 bits per heavy atom. The summed E-state index contributed by atoms with van der Waals surface area (Å²) in [4.78, 5) is 0. The first kappa shape index (κ1) is 62.2. The summed E-state index contributed by atoms with van der Waals surface area (Å²) in [5.74, 6) is 3.56. The van der Waals surface area contributed by atoms with E-state index in [1.807, 2.05) is 12.1 Å². The van der Waals surface area contributed by atoms with Crippen molar-refractivity contribution in [3.63, 3.8) is 0 Å². The predicted molar refractivity (Wildman–Crippen MR) is 299 cm³/mol. The predicted octanol–water partition coefficient (Wildman–Crippen LogP) is 17.3. The summed E-state index contributed by atoms with van der Waals surface area (Å²) < 4.78 is 3.06. The molecular formula is C53H84Br4N4O4. The van der Waals surface area contributed by atoms with Crippen molar-refractivity contribution in [1.29, 1.82) is 0 Å². The number of hydrogen-bond acceptors (Lipinski definition) is 8. The zero-order chi connectivity index (χ0) is 49.2. The molecule has 0 heterocycles. The maximum atomic E-state index is 10.1. The van der Waals surface area contributed by atoms with Crippen LogP contribution in [0.15, 0.2) is 66.4 Å². The fraction of sp³-hybridized carbons (Fsp3) is 0.547. The fourth-order valence-electron chi connectivity index (χ4n) is 6.71. The second-order valence-corrected chi connectivity index (χ2v) is 22.7. The summed E-state index contributed by atoms with van der Waals surface area (Å²) in [7, 11) is 0. The number of phenols is 4. The van der Waals surface area contributed by atoms with Crippen LogP contribution in [0.1, 0.15) is 140 Å². The highest BCUT2D eigenvalue weighted by atomic mass is 79.9. The van der Waals surface area contributed by atoms with E-state index in [1.54, 1.807) is 12.1 Å². The molecule has 0 spiro atoms. The largest absolute Gasteiger partial charge is 0.508 e. The van der Waals surface area contributed by atoms with Gasteiger partial charge in [0.1, 0.15) is 23.0 Å². The van der Waals surface area contributed by atoms with E-state index in [4.69, 9.17) is 0 Å². The molecule has 12 heteroatoms. The molecule has 4 aromatic carbocycles. The molecule has 0 saturated heterocycles. The quantitative estimate of drug-likeness (QED) is 0.0557. The summed E-state index contributed by atoms with van der Waals surface area (Å²) in [5.41, 5.74) is 8.52. The monoisotopic (exact) mass is 1160 g/mol. The average Bonchev–Trinajstić information content (AvgIpc) is 3.12. The number of nitrogens with one attached hydrogen (secondary N) is 4. The van der Waals surface area contributed by atoms with Gasteiger partial charge in [-0.05, 0) is 227 Å². The van der Waals surface area contributed by atoms with Gasteiger partial charge in [-0.15, -0.1) is 0 Å². The third-order valence-corrected chi connectivity index (χ3v) is 12.3. The van der Waals surface area contributed by atoms with Crippen LogP contribution in [-0.2, 0) is 25.7 Å². The molecule has 65 heavy (non-hydrogen) atoms. The SMILES string of the molecule is C.CC(C)Cc1cc(NC(C)C)c(Br)c(O)c1Br.CC(C)Cc1cc(NC(C)C)cc(O)c1Br.CC(C)Cc1cc(O)c(Br)c(NC(C)C)c1.CC(C)Cc1cc(O)cc(NC(C)C)c1. The van der Waals surface area contributed by atoms with Crippen molar-refractivity contribution < 1.29 is 20.4 Å². The Kier molecular flexibility index (Phi) is 29.2. The molecule has 0 fully saturated rings. The third kappa shape index (κ3) is 24.7. The molecule has 368 valence electrons. The lowest BCUT2D eigenvalue weighted by atomic mass is 10.0.